The van der Waals surface area contributed by atoms with E-state index < -0.39 is 5.97 Å². The van der Waals surface area contributed by atoms with Crippen LogP contribution in [-0.2, 0) is 6.54 Å². The van der Waals surface area contributed by atoms with E-state index >= 15 is 0 Å². The second-order valence-electron chi connectivity index (χ2n) is 5.20. The quantitative estimate of drug-likeness (QED) is 0.804. The van der Waals surface area contributed by atoms with Crippen LogP contribution in [0.15, 0.2) is 59.5 Å². The molecule has 0 bridgehead atoms. The first-order valence-electron chi connectivity index (χ1n) is 7.08. The van der Waals surface area contributed by atoms with E-state index in [1.807, 2.05) is 12.1 Å². The number of carboxylic acids is 1. The average Bonchev–Trinajstić information content (AvgIpc) is 2.57. The van der Waals surface area contributed by atoms with Gasteiger partial charge in [0.2, 0.25) is 0 Å². The molecule has 0 spiro atoms. The van der Waals surface area contributed by atoms with Gasteiger partial charge in [-0.05, 0) is 47.3 Å². The molecule has 2 aromatic carbocycles. The number of aromatic carboxylic acids is 1. The number of benzene rings is 2. The highest BCUT2D eigenvalue weighted by molar-refractivity contribution is 5.87. The number of ether oxygens (including phenoxy) is 1. The van der Waals surface area contributed by atoms with Crippen LogP contribution in [0.5, 0.6) is 5.75 Å². The van der Waals surface area contributed by atoms with E-state index in [1.54, 1.807) is 42.1 Å². The first-order chi connectivity index (χ1) is 11.1. The van der Waals surface area contributed by atoms with E-state index in [9.17, 15) is 9.59 Å². The molecule has 0 saturated heterocycles. The third-order valence-electron chi connectivity index (χ3n) is 3.74. The van der Waals surface area contributed by atoms with Gasteiger partial charge in [-0.1, -0.05) is 12.1 Å². The zero-order valence-corrected chi connectivity index (χ0v) is 12.5. The molecule has 23 heavy (non-hydrogen) atoms. The maximum absolute atomic E-state index is 12.5. The number of aromatic nitrogens is 1. The SMILES string of the molecule is COc1ccc2c(=O)n(Cc3ccc(C(=O)O)cc3)ccc2c1. The van der Waals surface area contributed by atoms with Crippen LogP contribution in [0.4, 0.5) is 0 Å². The molecule has 0 unspecified atom stereocenters. The molecule has 0 aliphatic heterocycles. The van der Waals surface area contributed by atoms with Crippen molar-refractivity contribution in [2.75, 3.05) is 7.11 Å². The third kappa shape index (κ3) is 2.94. The van der Waals surface area contributed by atoms with Crippen molar-refractivity contribution in [3.63, 3.8) is 0 Å². The third-order valence-corrected chi connectivity index (χ3v) is 3.74. The summed E-state index contributed by atoms with van der Waals surface area (Å²) in [5.41, 5.74) is 1.00. The number of methoxy groups -OCH3 is 1. The number of carbonyl (C=O) groups is 1. The predicted molar refractivity (Wildman–Crippen MR) is 87.3 cm³/mol. The van der Waals surface area contributed by atoms with Crippen molar-refractivity contribution < 1.29 is 14.6 Å². The molecule has 3 aromatic rings. The number of nitrogens with zero attached hydrogens (tertiary/aromatic N) is 1. The second-order valence-corrected chi connectivity index (χ2v) is 5.20. The molecular weight excluding hydrogens is 294 g/mol. The molecular formula is C18H15NO4. The Morgan fingerprint density at radius 3 is 2.52 bits per heavy atom. The number of hydrogen-bond acceptors (Lipinski definition) is 3. The zero-order valence-electron chi connectivity index (χ0n) is 12.5. The highest BCUT2D eigenvalue weighted by Crippen LogP contribution is 2.18. The topological polar surface area (TPSA) is 68.5 Å². The van der Waals surface area contributed by atoms with Crippen molar-refractivity contribution in [3.05, 3.63) is 76.2 Å². The minimum atomic E-state index is -0.964. The number of hydrogen-bond donors (Lipinski definition) is 1. The molecule has 3 rings (SSSR count). The number of rotatable bonds is 4. The van der Waals surface area contributed by atoms with Crippen LogP contribution < -0.4 is 10.3 Å². The van der Waals surface area contributed by atoms with Gasteiger partial charge in [0.25, 0.3) is 5.56 Å². The van der Waals surface area contributed by atoms with E-state index in [1.165, 1.54) is 12.1 Å². The molecule has 0 saturated carbocycles. The Bertz CT molecular complexity index is 926. The second kappa shape index (κ2) is 5.96. The molecule has 0 atom stereocenters. The average molecular weight is 309 g/mol. The van der Waals surface area contributed by atoms with Crippen molar-refractivity contribution in [2.24, 2.45) is 0 Å². The van der Waals surface area contributed by atoms with Crippen LogP contribution in [0.1, 0.15) is 15.9 Å². The maximum Gasteiger partial charge on any atom is 0.335 e. The number of carboxylic acid groups (broad SMARTS) is 1. The molecule has 0 fully saturated rings. The van der Waals surface area contributed by atoms with Gasteiger partial charge in [-0.3, -0.25) is 4.79 Å². The lowest BCUT2D eigenvalue weighted by atomic mass is 10.1. The Morgan fingerprint density at radius 1 is 1.13 bits per heavy atom. The fourth-order valence-corrected chi connectivity index (χ4v) is 2.47. The van der Waals surface area contributed by atoms with E-state index in [0.29, 0.717) is 17.7 Å². The Kier molecular flexibility index (Phi) is 3.85. The Balaban J connectivity index is 1.95. The molecule has 0 amide bonds. The molecule has 5 heteroatoms. The van der Waals surface area contributed by atoms with E-state index in [2.05, 4.69) is 0 Å². The summed E-state index contributed by atoms with van der Waals surface area (Å²) in [6, 6.07) is 13.7. The molecule has 1 aromatic heterocycles. The summed E-state index contributed by atoms with van der Waals surface area (Å²) in [5, 5.41) is 10.4. The van der Waals surface area contributed by atoms with Crippen molar-refractivity contribution in [1.29, 1.82) is 0 Å². The zero-order chi connectivity index (χ0) is 16.4. The molecule has 0 aliphatic rings. The molecule has 0 aliphatic carbocycles. The monoisotopic (exact) mass is 309 g/mol. The Labute approximate surface area is 132 Å². The van der Waals surface area contributed by atoms with Gasteiger partial charge in [-0.15, -0.1) is 0 Å². The lowest BCUT2D eigenvalue weighted by molar-refractivity contribution is 0.0697. The van der Waals surface area contributed by atoms with E-state index in [0.717, 1.165) is 10.9 Å². The lowest BCUT2D eigenvalue weighted by Crippen LogP contribution is -2.20. The minimum absolute atomic E-state index is 0.0903. The van der Waals surface area contributed by atoms with Crippen LogP contribution in [-0.4, -0.2) is 22.8 Å². The molecule has 1 heterocycles. The Hall–Kier alpha value is -3.08. The first-order valence-corrected chi connectivity index (χ1v) is 7.08. The van der Waals surface area contributed by atoms with Gasteiger partial charge in [0, 0.05) is 11.6 Å². The standard InChI is InChI=1S/C18H15NO4/c1-23-15-6-7-16-14(10-15)8-9-19(17(16)20)11-12-2-4-13(5-3-12)18(21)22/h2-10H,11H2,1H3,(H,21,22). The van der Waals surface area contributed by atoms with Crippen molar-refractivity contribution >= 4 is 16.7 Å². The van der Waals surface area contributed by atoms with Gasteiger partial charge in [-0.25, -0.2) is 4.79 Å². The van der Waals surface area contributed by atoms with Crippen molar-refractivity contribution in [3.8, 4) is 5.75 Å². The molecule has 1 N–H and O–H groups in total. The molecule has 116 valence electrons. The van der Waals surface area contributed by atoms with Crippen LogP contribution in [0.25, 0.3) is 10.8 Å². The van der Waals surface area contributed by atoms with Crippen molar-refractivity contribution in [1.82, 2.24) is 4.57 Å². The lowest BCUT2D eigenvalue weighted by Gasteiger charge is -2.08. The summed E-state index contributed by atoms with van der Waals surface area (Å²) in [7, 11) is 1.59. The van der Waals surface area contributed by atoms with E-state index in [4.69, 9.17) is 9.84 Å². The molecule has 0 radical (unpaired) electrons. The fourth-order valence-electron chi connectivity index (χ4n) is 2.47. The summed E-state index contributed by atoms with van der Waals surface area (Å²) in [5.74, 6) is -0.257. The van der Waals surface area contributed by atoms with Gasteiger partial charge in [-0.2, -0.15) is 0 Å². The van der Waals surface area contributed by atoms with Crippen LogP contribution in [0.2, 0.25) is 0 Å². The van der Waals surface area contributed by atoms with Gasteiger partial charge >= 0.3 is 5.97 Å². The van der Waals surface area contributed by atoms with Gasteiger partial charge < -0.3 is 14.4 Å². The maximum atomic E-state index is 12.5. The fraction of sp³-hybridized carbons (Fsp3) is 0.111. The summed E-state index contributed by atoms with van der Waals surface area (Å²) in [6.07, 6.45) is 1.73. The van der Waals surface area contributed by atoms with Crippen LogP contribution in [0, 0.1) is 0 Å². The minimum Gasteiger partial charge on any atom is -0.497 e. The summed E-state index contributed by atoms with van der Waals surface area (Å²) in [6.45, 7) is 0.390. The normalized spacial score (nSPS) is 10.7. The van der Waals surface area contributed by atoms with Crippen molar-refractivity contribution in [2.45, 2.75) is 6.54 Å². The van der Waals surface area contributed by atoms with Gasteiger partial charge in [0.1, 0.15) is 5.75 Å². The summed E-state index contributed by atoms with van der Waals surface area (Å²) < 4.78 is 6.76. The highest BCUT2D eigenvalue weighted by atomic mass is 16.5. The van der Waals surface area contributed by atoms with Crippen LogP contribution >= 0.6 is 0 Å². The van der Waals surface area contributed by atoms with Crippen LogP contribution in [0.3, 0.4) is 0 Å². The summed E-state index contributed by atoms with van der Waals surface area (Å²) in [4.78, 5) is 23.4. The number of fused-ring (bicyclic) bond motifs is 1. The summed E-state index contributed by atoms with van der Waals surface area (Å²) >= 11 is 0. The van der Waals surface area contributed by atoms with Gasteiger partial charge in [0.05, 0.1) is 19.2 Å². The highest BCUT2D eigenvalue weighted by Gasteiger charge is 2.06. The first kappa shape index (κ1) is 14.8. The Morgan fingerprint density at radius 2 is 1.87 bits per heavy atom. The largest absolute Gasteiger partial charge is 0.497 e. The number of pyridine rings is 1. The predicted octanol–water partition coefficient (Wildman–Crippen LogP) is 2.76. The smallest absolute Gasteiger partial charge is 0.335 e. The molecule has 5 nitrogen and oxygen atoms in total. The van der Waals surface area contributed by atoms with Gasteiger partial charge in [0.15, 0.2) is 0 Å². The van der Waals surface area contributed by atoms with E-state index in [-0.39, 0.29) is 11.1 Å².